The SMILES string of the molecule is NCCc1cc(-c2ccc3c(c2)CCCC3)n[nH]1. The van der Waals surface area contributed by atoms with E-state index in [0.29, 0.717) is 6.54 Å². The first-order valence-corrected chi connectivity index (χ1v) is 6.73. The van der Waals surface area contributed by atoms with Crippen molar-refractivity contribution in [1.82, 2.24) is 10.2 Å². The van der Waals surface area contributed by atoms with Crippen LogP contribution in [-0.2, 0) is 19.3 Å². The van der Waals surface area contributed by atoms with Gasteiger partial charge in [-0.25, -0.2) is 0 Å². The number of fused-ring (bicyclic) bond motifs is 1. The Morgan fingerprint density at radius 2 is 1.94 bits per heavy atom. The van der Waals surface area contributed by atoms with E-state index in [2.05, 4.69) is 34.5 Å². The molecule has 1 aromatic carbocycles. The van der Waals surface area contributed by atoms with Crippen molar-refractivity contribution in [2.45, 2.75) is 32.1 Å². The number of nitrogens with one attached hydrogen (secondary N) is 1. The molecule has 0 amide bonds. The summed E-state index contributed by atoms with van der Waals surface area (Å²) in [4.78, 5) is 0. The Bertz CT molecular complexity index is 542. The number of aryl methyl sites for hydroxylation is 2. The molecule has 0 saturated carbocycles. The number of rotatable bonds is 3. The lowest BCUT2D eigenvalue weighted by atomic mass is 9.90. The lowest BCUT2D eigenvalue weighted by Gasteiger charge is -2.15. The van der Waals surface area contributed by atoms with E-state index in [-0.39, 0.29) is 0 Å². The van der Waals surface area contributed by atoms with Crippen LogP contribution >= 0.6 is 0 Å². The van der Waals surface area contributed by atoms with Gasteiger partial charge in [0.05, 0.1) is 5.69 Å². The average Bonchev–Trinajstić information content (AvgIpc) is 2.87. The van der Waals surface area contributed by atoms with Crippen molar-refractivity contribution in [2.75, 3.05) is 6.54 Å². The zero-order valence-electron chi connectivity index (χ0n) is 10.6. The zero-order chi connectivity index (χ0) is 12.4. The van der Waals surface area contributed by atoms with Gasteiger partial charge in [0.15, 0.2) is 0 Å². The van der Waals surface area contributed by atoms with Gasteiger partial charge >= 0.3 is 0 Å². The first kappa shape index (κ1) is 11.5. The monoisotopic (exact) mass is 241 g/mol. The third-order valence-electron chi connectivity index (χ3n) is 3.69. The molecule has 3 N–H and O–H groups in total. The fourth-order valence-corrected chi connectivity index (χ4v) is 2.69. The number of hydrogen-bond donors (Lipinski definition) is 2. The number of aromatic amines is 1. The molecule has 3 heteroatoms. The second-order valence-electron chi connectivity index (χ2n) is 5.01. The van der Waals surface area contributed by atoms with Crippen molar-refractivity contribution in [3.8, 4) is 11.3 Å². The summed E-state index contributed by atoms with van der Waals surface area (Å²) in [6, 6.07) is 8.86. The van der Waals surface area contributed by atoms with E-state index in [4.69, 9.17) is 5.73 Å². The summed E-state index contributed by atoms with van der Waals surface area (Å²) >= 11 is 0. The Labute approximate surface area is 107 Å². The highest BCUT2D eigenvalue weighted by atomic mass is 15.1. The van der Waals surface area contributed by atoms with Crippen LogP contribution in [0.5, 0.6) is 0 Å². The molecule has 1 aliphatic rings. The highest BCUT2D eigenvalue weighted by molar-refractivity contribution is 5.61. The average molecular weight is 241 g/mol. The minimum Gasteiger partial charge on any atom is -0.330 e. The normalized spacial score (nSPS) is 14.5. The lowest BCUT2D eigenvalue weighted by Crippen LogP contribution is -2.02. The molecule has 0 atom stereocenters. The molecule has 1 aliphatic carbocycles. The molecule has 0 fully saturated rings. The Morgan fingerprint density at radius 3 is 2.78 bits per heavy atom. The Morgan fingerprint density at radius 1 is 1.11 bits per heavy atom. The smallest absolute Gasteiger partial charge is 0.0923 e. The van der Waals surface area contributed by atoms with Gasteiger partial charge in [0, 0.05) is 17.7 Å². The van der Waals surface area contributed by atoms with Crippen molar-refractivity contribution in [3.63, 3.8) is 0 Å². The van der Waals surface area contributed by atoms with Crippen LogP contribution in [-0.4, -0.2) is 16.7 Å². The maximum Gasteiger partial charge on any atom is 0.0923 e. The predicted molar refractivity (Wildman–Crippen MR) is 73.4 cm³/mol. The predicted octanol–water partition coefficient (Wildman–Crippen LogP) is 2.46. The van der Waals surface area contributed by atoms with Crippen LogP contribution in [0, 0.1) is 0 Å². The molecular weight excluding hydrogens is 222 g/mol. The van der Waals surface area contributed by atoms with Gasteiger partial charge in [-0.3, -0.25) is 5.10 Å². The molecular formula is C15H19N3. The molecule has 0 unspecified atom stereocenters. The van der Waals surface area contributed by atoms with Crippen molar-refractivity contribution < 1.29 is 0 Å². The van der Waals surface area contributed by atoms with Gasteiger partial charge in [-0.15, -0.1) is 0 Å². The molecule has 1 heterocycles. The van der Waals surface area contributed by atoms with Gasteiger partial charge in [-0.2, -0.15) is 5.10 Å². The highest BCUT2D eigenvalue weighted by Crippen LogP contribution is 2.26. The Balaban J connectivity index is 1.91. The number of nitrogens with two attached hydrogens (primary N) is 1. The summed E-state index contributed by atoms with van der Waals surface area (Å²) in [5.41, 5.74) is 11.9. The largest absolute Gasteiger partial charge is 0.330 e. The van der Waals surface area contributed by atoms with E-state index < -0.39 is 0 Å². The third kappa shape index (κ3) is 2.18. The van der Waals surface area contributed by atoms with Gasteiger partial charge in [0.25, 0.3) is 0 Å². The van der Waals surface area contributed by atoms with E-state index in [1.165, 1.54) is 42.4 Å². The summed E-state index contributed by atoms with van der Waals surface area (Å²) in [5, 5.41) is 7.43. The molecule has 0 saturated heterocycles. The number of H-pyrrole nitrogens is 1. The quantitative estimate of drug-likeness (QED) is 0.867. The zero-order valence-corrected chi connectivity index (χ0v) is 10.6. The maximum absolute atomic E-state index is 5.55. The first-order chi connectivity index (χ1) is 8.86. The molecule has 0 bridgehead atoms. The maximum atomic E-state index is 5.55. The minimum atomic E-state index is 0.659. The number of hydrogen-bond acceptors (Lipinski definition) is 2. The van der Waals surface area contributed by atoms with Crippen molar-refractivity contribution in [3.05, 3.63) is 41.1 Å². The number of aromatic nitrogens is 2. The molecule has 18 heavy (non-hydrogen) atoms. The molecule has 2 aromatic rings. The Hall–Kier alpha value is -1.61. The van der Waals surface area contributed by atoms with Crippen molar-refractivity contribution >= 4 is 0 Å². The second kappa shape index (κ2) is 4.94. The molecule has 3 rings (SSSR count). The highest BCUT2D eigenvalue weighted by Gasteiger charge is 2.11. The molecule has 1 aromatic heterocycles. The first-order valence-electron chi connectivity index (χ1n) is 6.73. The van der Waals surface area contributed by atoms with Gasteiger partial charge < -0.3 is 5.73 Å². The van der Waals surface area contributed by atoms with Gasteiger partial charge in [0.1, 0.15) is 0 Å². The van der Waals surface area contributed by atoms with Crippen molar-refractivity contribution in [1.29, 1.82) is 0 Å². The van der Waals surface area contributed by atoms with E-state index in [0.717, 1.165) is 17.8 Å². The van der Waals surface area contributed by atoms with Crippen LogP contribution in [0.25, 0.3) is 11.3 Å². The van der Waals surface area contributed by atoms with Crippen LogP contribution in [0.15, 0.2) is 24.3 Å². The molecule has 0 aliphatic heterocycles. The van der Waals surface area contributed by atoms with Crippen LogP contribution in [0.2, 0.25) is 0 Å². The van der Waals surface area contributed by atoms with E-state index in [1.807, 2.05) is 0 Å². The summed E-state index contributed by atoms with van der Waals surface area (Å²) in [5.74, 6) is 0. The van der Waals surface area contributed by atoms with E-state index in [1.54, 1.807) is 0 Å². The second-order valence-corrected chi connectivity index (χ2v) is 5.01. The molecule has 94 valence electrons. The van der Waals surface area contributed by atoms with E-state index >= 15 is 0 Å². The lowest BCUT2D eigenvalue weighted by molar-refractivity contribution is 0.686. The summed E-state index contributed by atoms with van der Waals surface area (Å²) in [6.07, 6.45) is 5.95. The van der Waals surface area contributed by atoms with Gasteiger partial charge in [-0.1, -0.05) is 12.1 Å². The topological polar surface area (TPSA) is 54.7 Å². The fraction of sp³-hybridized carbons (Fsp3) is 0.400. The third-order valence-corrected chi connectivity index (χ3v) is 3.69. The van der Waals surface area contributed by atoms with Crippen molar-refractivity contribution in [2.24, 2.45) is 5.73 Å². The van der Waals surface area contributed by atoms with Gasteiger partial charge in [-0.05, 0) is 55.5 Å². The van der Waals surface area contributed by atoms with Crippen LogP contribution in [0.3, 0.4) is 0 Å². The standard InChI is InChI=1S/C15H19N3/c16-8-7-14-10-15(18-17-14)13-6-5-11-3-1-2-4-12(11)9-13/h5-6,9-10H,1-4,7-8,16H2,(H,17,18). The number of benzene rings is 1. The minimum absolute atomic E-state index is 0.659. The van der Waals surface area contributed by atoms with E-state index in [9.17, 15) is 0 Å². The molecule has 0 spiro atoms. The summed E-state index contributed by atoms with van der Waals surface area (Å²) < 4.78 is 0. The fourth-order valence-electron chi connectivity index (χ4n) is 2.69. The molecule has 3 nitrogen and oxygen atoms in total. The molecule has 0 radical (unpaired) electrons. The summed E-state index contributed by atoms with van der Waals surface area (Å²) in [7, 11) is 0. The van der Waals surface area contributed by atoms with Crippen LogP contribution < -0.4 is 5.73 Å². The summed E-state index contributed by atoms with van der Waals surface area (Å²) in [6.45, 7) is 0.659. The van der Waals surface area contributed by atoms with Crippen LogP contribution in [0.4, 0.5) is 0 Å². The van der Waals surface area contributed by atoms with Gasteiger partial charge in [0.2, 0.25) is 0 Å². The Kier molecular flexibility index (Phi) is 3.15. The van der Waals surface area contributed by atoms with Crippen LogP contribution in [0.1, 0.15) is 29.7 Å². The number of nitrogens with zero attached hydrogens (tertiary/aromatic N) is 1.